The number of nitrogens with two attached hydrogens (primary N) is 1. The van der Waals surface area contributed by atoms with Gasteiger partial charge < -0.3 is 20.2 Å². The predicted molar refractivity (Wildman–Crippen MR) is 106 cm³/mol. The van der Waals surface area contributed by atoms with E-state index in [2.05, 4.69) is 53.1 Å². The van der Waals surface area contributed by atoms with Gasteiger partial charge in [0, 0.05) is 26.7 Å². The quantitative estimate of drug-likeness (QED) is 0.813. The van der Waals surface area contributed by atoms with Crippen molar-refractivity contribution in [3.05, 3.63) is 53.0 Å². The summed E-state index contributed by atoms with van der Waals surface area (Å²) in [6.45, 7) is 9.00. The van der Waals surface area contributed by atoms with Crippen molar-refractivity contribution in [2.45, 2.75) is 32.5 Å². The minimum Gasteiger partial charge on any atom is -0.371 e. The summed E-state index contributed by atoms with van der Waals surface area (Å²) in [6.07, 6.45) is -0.0281. The molecule has 1 fully saturated rings. The highest BCUT2D eigenvalue weighted by Gasteiger charge is 2.26. The van der Waals surface area contributed by atoms with Crippen LogP contribution in [0.4, 0.5) is 5.82 Å². The molecule has 27 heavy (non-hydrogen) atoms. The molecule has 7 nitrogen and oxygen atoms in total. The van der Waals surface area contributed by atoms with Gasteiger partial charge >= 0.3 is 0 Å². The predicted octanol–water partition coefficient (Wildman–Crippen LogP) is 1.98. The monoisotopic (exact) mass is 371 g/mol. The fourth-order valence-electron chi connectivity index (χ4n) is 3.38. The first kappa shape index (κ1) is 19.4. The lowest BCUT2D eigenvalue weighted by atomic mass is 9.94. The number of anilines is 1. The molecular weight excluding hydrogens is 342 g/mol. The summed E-state index contributed by atoms with van der Waals surface area (Å²) in [5.41, 5.74) is 2.60. The number of nitrogen functional groups attached to an aromatic ring is 1. The van der Waals surface area contributed by atoms with Crippen LogP contribution in [0.5, 0.6) is 0 Å². The van der Waals surface area contributed by atoms with Crippen LogP contribution in [0.1, 0.15) is 38.0 Å². The maximum absolute atomic E-state index is 6.05. The maximum atomic E-state index is 6.05. The number of aromatic nitrogens is 2. The minimum absolute atomic E-state index is 0.0281. The zero-order valence-corrected chi connectivity index (χ0v) is 16.6. The normalized spacial score (nSPS) is 18.7. The first-order chi connectivity index (χ1) is 12.9. The highest BCUT2D eigenvalue weighted by Crippen LogP contribution is 2.30. The summed E-state index contributed by atoms with van der Waals surface area (Å²) in [7, 11) is 1.70. The number of nitrogens with zero attached hydrogens (tertiary/aromatic N) is 4. The van der Waals surface area contributed by atoms with Gasteiger partial charge in [-0.3, -0.25) is 4.99 Å². The second-order valence-electron chi connectivity index (χ2n) is 7.09. The Labute approximate surface area is 160 Å². The third-order valence-corrected chi connectivity index (χ3v) is 4.90. The molecule has 1 unspecified atom stereocenters. The minimum atomic E-state index is -0.328. The van der Waals surface area contributed by atoms with Gasteiger partial charge in [0.25, 0.3) is 0 Å². The molecule has 1 aliphatic rings. The Bertz CT molecular complexity index is 846. The average Bonchev–Trinajstić information content (AvgIpc) is 2.68. The summed E-state index contributed by atoms with van der Waals surface area (Å²) < 4.78 is 11.9. The van der Waals surface area contributed by atoms with Crippen molar-refractivity contribution < 1.29 is 9.47 Å². The molecule has 7 heteroatoms. The average molecular weight is 371 g/mol. The van der Waals surface area contributed by atoms with Crippen LogP contribution in [0.25, 0.3) is 0 Å². The van der Waals surface area contributed by atoms with Crippen molar-refractivity contribution >= 4 is 5.82 Å². The van der Waals surface area contributed by atoms with Gasteiger partial charge in [-0.15, -0.1) is 5.10 Å². The third-order valence-electron chi connectivity index (χ3n) is 4.90. The summed E-state index contributed by atoms with van der Waals surface area (Å²) in [4.78, 5) is 7.59. The Morgan fingerprint density at radius 1 is 1.33 bits per heavy atom. The standard InChI is InChI=1S/C20H29N5O2/c1-5-27-20(2,3)16-8-6-7-15(13-16)17-14-24(11-12-26-17)19-10-9-18(22-4)25(21)23-19/h6-10,13,17H,5,11-12,14,21H2,1-4H3. The van der Waals surface area contributed by atoms with Gasteiger partial charge in [0.2, 0.25) is 0 Å². The molecule has 1 atom stereocenters. The molecule has 0 spiro atoms. The molecule has 0 bridgehead atoms. The van der Waals surface area contributed by atoms with Crippen LogP contribution in [0, 0.1) is 0 Å². The third kappa shape index (κ3) is 4.31. The van der Waals surface area contributed by atoms with E-state index in [-0.39, 0.29) is 11.7 Å². The molecule has 0 radical (unpaired) electrons. The molecule has 146 valence electrons. The summed E-state index contributed by atoms with van der Waals surface area (Å²) in [5, 5.41) is 4.43. The topological polar surface area (TPSA) is 77.9 Å². The smallest absolute Gasteiger partial charge is 0.166 e. The van der Waals surface area contributed by atoms with Gasteiger partial charge in [-0.2, -0.15) is 4.79 Å². The van der Waals surface area contributed by atoms with Crippen molar-refractivity contribution in [1.29, 1.82) is 0 Å². The molecule has 0 saturated carbocycles. The van der Waals surface area contributed by atoms with Crippen LogP contribution in [0.2, 0.25) is 0 Å². The van der Waals surface area contributed by atoms with Gasteiger partial charge in [0.1, 0.15) is 6.10 Å². The van der Waals surface area contributed by atoms with Crippen LogP contribution in [0.15, 0.2) is 41.4 Å². The first-order valence-electron chi connectivity index (χ1n) is 9.34. The zero-order valence-electron chi connectivity index (χ0n) is 16.6. The van der Waals surface area contributed by atoms with Crippen LogP contribution in [0.3, 0.4) is 0 Å². The van der Waals surface area contributed by atoms with Crippen LogP contribution in [-0.4, -0.2) is 43.2 Å². The van der Waals surface area contributed by atoms with Crippen LogP contribution < -0.4 is 16.2 Å². The van der Waals surface area contributed by atoms with E-state index in [0.717, 1.165) is 23.5 Å². The van der Waals surface area contributed by atoms with E-state index in [0.29, 0.717) is 25.2 Å². The van der Waals surface area contributed by atoms with Crippen molar-refractivity contribution in [2.75, 3.05) is 44.1 Å². The van der Waals surface area contributed by atoms with E-state index in [1.165, 1.54) is 4.79 Å². The second kappa shape index (κ2) is 8.10. The highest BCUT2D eigenvalue weighted by atomic mass is 16.5. The molecule has 1 saturated heterocycles. The number of ether oxygens (including phenoxy) is 2. The molecule has 0 amide bonds. The molecule has 1 aromatic carbocycles. The SMILES string of the molecule is CCOC(C)(C)c1cccc(C2CN(c3ccc(=NC)n(N)n3)CCO2)c1. The highest BCUT2D eigenvalue weighted by molar-refractivity contribution is 5.39. The largest absolute Gasteiger partial charge is 0.371 e. The van der Waals surface area contributed by atoms with Crippen LogP contribution in [-0.2, 0) is 15.1 Å². The molecule has 2 aromatic rings. The zero-order chi connectivity index (χ0) is 19.4. The molecule has 1 aromatic heterocycles. The van der Waals surface area contributed by atoms with Crippen molar-refractivity contribution in [3.63, 3.8) is 0 Å². The number of hydrogen-bond acceptors (Lipinski definition) is 6. The van der Waals surface area contributed by atoms with Gasteiger partial charge in [0.05, 0.1) is 12.2 Å². The van der Waals surface area contributed by atoms with E-state index < -0.39 is 0 Å². The molecule has 0 aliphatic carbocycles. The van der Waals surface area contributed by atoms with Gasteiger partial charge in [-0.1, -0.05) is 24.3 Å². The summed E-state index contributed by atoms with van der Waals surface area (Å²) in [5.74, 6) is 6.74. The molecule has 1 aliphatic heterocycles. The maximum Gasteiger partial charge on any atom is 0.166 e. The Kier molecular flexibility index (Phi) is 5.82. The van der Waals surface area contributed by atoms with Gasteiger partial charge in [-0.25, -0.2) is 0 Å². The van der Waals surface area contributed by atoms with E-state index in [9.17, 15) is 0 Å². The lowest BCUT2D eigenvalue weighted by molar-refractivity contribution is -0.0144. The Morgan fingerprint density at radius 2 is 2.15 bits per heavy atom. The van der Waals surface area contributed by atoms with E-state index in [1.807, 2.05) is 19.1 Å². The fourth-order valence-corrected chi connectivity index (χ4v) is 3.38. The van der Waals surface area contributed by atoms with E-state index >= 15 is 0 Å². The van der Waals surface area contributed by atoms with E-state index in [4.69, 9.17) is 15.3 Å². The summed E-state index contributed by atoms with van der Waals surface area (Å²) >= 11 is 0. The first-order valence-corrected chi connectivity index (χ1v) is 9.34. The fraction of sp³-hybridized carbons (Fsp3) is 0.500. The Hall–Kier alpha value is -2.38. The lowest BCUT2D eigenvalue weighted by Crippen LogP contribution is -2.41. The lowest BCUT2D eigenvalue weighted by Gasteiger charge is -2.34. The Balaban J connectivity index is 1.81. The number of rotatable bonds is 5. The van der Waals surface area contributed by atoms with Gasteiger partial charge in [0.15, 0.2) is 11.3 Å². The van der Waals surface area contributed by atoms with Crippen molar-refractivity contribution in [1.82, 2.24) is 9.89 Å². The molecular formula is C20H29N5O2. The second-order valence-corrected chi connectivity index (χ2v) is 7.09. The van der Waals surface area contributed by atoms with E-state index in [1.54, 1.807) is 7.05 Å². The number of morpholine rings is 1. The number of benzene rings is 1. The number of hydrogen-bond donors (Lipinski definition) is 1. The molecule has 2 heterocycles. The van der Waals surface area contributed by atoms with Gasteiger partial charge in [-0.05, 0) is 44.0 Å². The summed E-state index contributed by atoms with van der Waals surface area (Å²) in [6, 6.07) is 12.3. The Morgan fingerprint density at radius 3 is 2.85 bits per heavy atom. The molecule has 3 rings (SSSR count). The van der Waals surface area contributed by atoms with Crippen LogP contribution >= 0.6 is 0 Å². The van der Waals surface area contributed by atoms with Crippen molar-refractivity contribution in [3.8, 4) is 0 Å². The van der Waals surface area contributed by atoms with Crippen molar-refractivity contribution in [2.24, 2.45) is 4.99 Å². The molecule has 2 N–H and O–H groups in total.